The molecule has 1 heterocycles. The van der Waals surface area contributed by atoms with Gasteiger partial charge >= 0.3 is 0 Å². The van der Waals surface area contributed by atoms with Crippen molar-refractivity contribution >= 4 is 0 Å². The molecular formula is C31H45N2+. The Bertz CT molecular complexity index is 899. The summed E-state index contributed by atoms with van der Waals surface area (Å²) in [6.45, 7) is 8.04. The number of imidazole rings is 1. The summed E-state index contributed by atoms with van der Waals surface area (Å²) < 4.78 is 2.42. The van der Waals surface area contributed by atoms with Gasteiger partial charge in [0.2, 0.25) is 0 Å². The molecule has 0 fully saturated rings. The number of nitrogens with zero attached hydrogens (tertiary/aromatic N) is 1. The summed E-state index contributed by atoms with van der Waals surface area (Å²) in [6, 6.07) is 22.3. The van der Waals surface area contributed by atoms with Crippen molar-refractivity contribution in [2.24, 2.45) is 0 Å². The van der Waals surface area contributed by atoms with Crippen molar-refractivity contribution in [3.63, 3.8) is 0 Å². The average Bonchev–Trinajstić information content (AvgIpc) is 3.32. The van der Waals surface area contributed by atoms with Crippen molar-refractivity contribution in [1.82, 2.24) is 4.98 Å². The molecule has 3 rings (SSSR count). The van der Waals surface area contributed by atoms with Gasteiger partial charge in [0.1, 0.15) is 12.4 Å². The molecule has 33 heavy (non-hydrogen) atoms. The first-order valence-corrected chi connectivity index (χ1v) is 13.3. The van der Waals surface area contributed by atoms with Crippen molar-refractivity contribution in [2.45, 2.75) is 103 Å². The van der Waals surface area contributed by atoms with Crippen LogP contribution in [0.5, 0.6) is 0 Å². The summed E-state index contributed by atoms with van der Waals surface area (Å²) in [5.74, 6) is 1.82. The number of hydrogen-bond acceptors (Lipinski definition) is 0. The third-order valence-electron chi connectivity index (χ3n) is 7.43. The van der Waals surface area contributed by atoms with Gasteiger partial charge in [-0.2, -0.15) is 0 Å². The Kier molecular flexibility index (Phi) is 10.2. The van der Waals surface area contributed by atoms with Crippen LogP contribution < -0.4 is 4.57 Å². The molecule has 2 aromatic carbocycles. The molecule has 0 spiro atoms. The summed E-state index contributed by atoms with van der Waals surface area (Å²) in [5, 5.41) is 0. The Morgan fingerprint density at radius 3 is 2.03 bits per heavy atom. The van der Waals surface area contributed by atoms with E-state index in [-0.39, 0.29) is 5.41 Å². The number of nitrogens with one attached hydrogen (secondary N) is 1. The Morgan fingerprint density at radius 2 is 1.39 bits per heavy atom. The van der Waals surface area contributed by atoms with E-state index in [0.717, 1.165) is 13.0 Å². The molecule has 0 radical (unpaired) electrons. The van der Waals surface area contributed by atoms with Crippen molar-refractivity contribution in [3.8, 4) is 0 Å². The molecular weight excluding hydrogens is 400 g/mol. The van der Waals surface area contributed by atoms with E-state index in [1.54, 1.807) is 0 Å². The molecule has 0 aliphatic rings. The fourth-order valence-corrected chi connectivity index (χ4v) is 5.46. The Hall–Kier alpha value is -2.35. The van der Waals surface area contributed by atoms with Crippen LogP contribution in [0.25, 0.3) is 0 Å². The number of rotatable bonds is 15. The summed E-state index contributed by atoms with van der Waals surface area (Å²) in [5.41, 5.74) is 2.88. The first-order chi connectivity index (χ1) is 16.2. The van der Waals surface area contributed by atoms with E-state index >= 15 is 0 Å². The smallest absolute Gasteiger partial charge is 0.247 e. The molecule has 0 saturated heterocycles. The van der Waals surface area contributed by atoms with Gasteiger partial charge in [0.05, 0.1) is 12.5 Å². The van der Waals surface area contributed by atoms with Gasteiger partial charge < -0.3 is 0 Å². The number of aromatic amines is 1. The Morgan fingerprint density at radius 1 is 0.788 bits per heavy atom. The SMILES string of the molecule is CCCCCCCCCCC(c1[nH]cc[n+]1CC)C(C)(Cc1ccccc1)c1ccccc1. The fourth-order valence-electron chi connectivity index (χ4n) is 5.46. The van der Waals surface area contributed by atoms with E-state index in [1.807, 2.05) is 0 Å². The molecule has 0 aliphatic heterocycles. The van der Waals surface area contributed by atoms with Crippen LogP contribution >= 0.6 is 0 Å². The molecule has 1 N–H and O–H groups in total. The number of H-pyrrole nitrogens is 1. The summed E-state index contributed by atoms with van der Waals surface area (Å²) in [4.78, 5) is 3.66. The highest BCUT2D eigenvalue weighted by molar-refractivity contribution is 5.32. The molecule has 178 valence electrons. The van der Waals surface area contributed by atoms with Gasteiger partial charge in [0, 0.05) is 5.41 Å². The van der Waals surface area contributed by atoms with Gasteiger partial charge in [-0.05, 0) is 30.9 Å². The Balaban J connectivity index is 1.83. The van der Waals surface area contributed by atoms with Crippen molar-refractivity contribution in [2.75, 3.05) is 0 Å². The highest BCUT2D eigenvalue weighted by Gasteiger charge is 2.41. The largest absolute Gasteiger partial charge is 0.258 e. The van der Waals surface area contributed by atoms with E-state index in [9.17, 15) is 0 Å². The first kappa shape index (κ1) is 25.3. The van der Waals surface area contributed by atoms with Crippen molar-refractivity contribution in [1.29, 1.82) is 0 Å². The maximum atomic E-state index is 3.66. The zero-order valence-electron chi connectivity index (χ0n) is 21.2. The second-order valence-corrected chi connectivity index (χ2v) is 9.89. The zero-order valence-corrected chi connectivity index (χ0v) is 21.2. The van der Waals surface area contributed by atoms with Crippen LogP contribution in [0.3, 0.4) is 0 Å². The Labute approximate surface area is 202 Å². The fraction of sp³-hybridized carbons (Fsp3) is 0.516. The van der Waals surface area contributed by atoms with Crippen LogP contribution in [0, 0.1) is 0 Å². The molecule has 2 nitrogen and oxygen atoms in total. The third kappa shape index (κ3) is 7.06. The van der Waals surface area contributed by atoms with Crippen LogP contribution in [-0.2, 0) is 18.4 Å². The van der Waals surface area contributed by atoms with E-state index in [4.69, 9.17) is 0 Å². The molecule has 0 aliphatic carbocycles. The number of aromatic nitrogens is 2. The van der Waals surface area contributed by atoms with E-state index in [2.05, 4.69) is 103 Å². The topological polar surface area (TPSA) is 19.7 Å². The van der Waals surface area contributed by atoms with Gasteiger partial charge in [-0.15, -0.1) is 0 Å². The third-order valence-corrected chi connectivity index (χ3v) is 7.43. The minimum atomic E-state index is 0.0194. The molecule has 3 aromatic rings. The van der Waals surface area contributed by atoms with Crippen molar-refractivity contribution in [3.05, 3.63) is 90.0 Å². The quantitative estimate of drug-likeness (QED) is 0.180. The van der Waals surface area contributed by atoms with Gasteiger partial charge in [-0.25, -0.2) is 9.55 Å². The van der Waals surface area contributed by atoms with Crippen molar-refractivity contribution < 1.29 is 4.57 Å². The van der Waals surface area contributed by atoms with E-state index in [1.165, 1.54) is 74.7 Å². The van der Waals surface area contributed by atoms with Crippen LogP contribution in [0.4, 0.5) is 0 Å². The second kappa shape index (κ2) is 13.4. The predicted molar refractivity (Wildman–Crippen MR) is 141 cm³/mol. The summed E-state index contributed by atoms with van der Waals surface area (Å²) in [6.07, 6.45) is 17.5. The lowest BCUT2D eigenvalue weighted by Crippen LogP contribution is -2.43. The lowest BCUT2D eigenvalue weighted by molar-refractivity contribution is -0.701. The van der Waals surface area contributed by atoms with E-state index < -0.39 is 0 Å². The van der Waals surface area contributed by atoms with Gasteiger partial charge in [-0.3, -0.25) is 0 Å². The van der Waals surface area contributed by atoms with Gasteiger partial charge in [0.25, 0.3) is 5.82 Å². The minimum absolute atomic E-state index is 0.0194. The number of hydrogen-bond donors (Lipinski definition) is 1. The zero-order chi connectivity index (χ0) is 23.4. The number of benzene rings is 2. The lowest BCUT2D eigenvalue weighted by atomic mass is 9.66. The van der Waals surface area contributed by atoms with Crippen LogP contribution in [-0.4, -0.2) is 4.98 Å². The molecule has 2 atom stereocenters. The summed E-state index contributed by atoms with van der Waals surface area (Å²) in [7, 11) is 0. The molecule has 0 saturated carbocycles. The summed E-state index contributed by atoms with van der Waals surface area (Å²) >= 11 is 0. The maximum Gasteiger partial charge on any atom is 0.258 e. The second-order valence-electron chi connectivity index (χ2n) is 9.89. The highest BCUT2D eigenvalue weighted by atomic mass is 15.1. The molecule has 2 heteroatoms. The molecule has 2 unspecified atom stereocenters. The normalized spacial score (nSPS) is 14.2. The molecule has 0 bridgehead atoms. The lowest BCUT2D eigenvalue weighted by Gasteiger charge is -2.37. The minimum Gasteiger partial charge on any atom is -0.247 e. The monoisotopic (exact) mass is 445 g/mol. The predicted octanol–water partition coefficient (Wildman–Crippen LogP) is 8.14. The highest BCUT2D eigenvalue weighted by Crippen LogP contribution is 2.43. The van der Waals surface area contributed by atoms with Gasteiger partial charge in [-0.1, -0.05) is 126 Å². The number of aryl methyl sites for hydroxylation is 1. The number of unbranched alkanes of at least 4 members (excludes halogenated alkanes) is 7. The van der Waals surface area contributed by atoms with Gasteiger partial charge in [0.15, 0.2) is 0 Å². The standard InChI is InChI=1S/C31H44N2/c1-4-6-7-8-9-10-11-18-23-29(30-32-24-25-33(30)5-2)31(3,28-21-16-13-17-22-28)26-27-19-14-12-15-20-27/h12-17,19-22,24-25,29H,4-11,18,23,26H2,1-3H3/p+1. The maximum absolute atomic E-state index is 3.66. The molecule has 0 amide bonds. The molecule has 1 aromatic heterocycles. The average molecular weight is 446 g/mol. The first-order valence-electron chi connectivity index (χ1n) is 13.3. The van der Waals surface area contributed by atoms with Crippen LogP contribution in [0.2, 0.25) is 0 Å². The van der Waals surface area contributed by atoms with Crippen LogP contribution in [0.15, 0.2) is 73.1 Å². The van der Waals surface area contributed by atoms with E-state index in [0.29, 0.717) is 5.92 Å². The van der Waals surface area contributed by atoms with Crippen LogP contribution in [0.1, 0.15) is 101 Å².